The number of hydrogen-bond acceptors (Lipinski definition) is 5. The van der Waals surface area contributed by atoms with Gasteiger partial charge < -0.3 is 4.74 Å². The second kappa shape index (κ2) is 11.2. The van der Waals surface area contributed by atoms with Crippen LogP contribution >= 0.6 is 0 Å². The first-order valence-corrected chi connectivity index (χ1v) is 15.7. The van der Waals surface area contributed by atoms with Gasteiger partial charge in [0.1, 0.15) is 11.6 Å². The molecule has 1 aliphatic rings. The van der Waals surface area contributed by atoms with Crippen molar-refractivity contribution in [2.24, 2.45) is 0 Å². The summed E-state index contributed by atoms with van der Waals surface area (Å²) in [6.07, 6.45) is 1.39. The molecule has 1 fully saturated rings. The summed E-state index contributed by atoms with van der Waals surface area (Å²) in [6, 6.07) is 14.6. The standard InChI is InChI=1S/C29H30FNO5S2/c1-4-7-21-10-11-23(20(3)14-21)16-24-17-25(30)18-28(29(24)31-38(34,35)27-12-13-27)36-26-9-6-8-22(15-26)19-37(32,33)5-2/h6,8-11,14-15,17-18,27,31H,5,12-13,16,19H2,1-3H3. The molecule has 38 heavy (non-hydrogen) atoms. The summed E-state index contributed by atoms with van der Waals surface area (Å²) in [5, 5.41) is -0.496. The molecular formula is C29H30FNO5S2. The first kappa shape index (κ1) is 27.7. The molecule has 0 spiro atoms. The predicted molar refractivity (Wildman–Crippen MR) is 148 cm³/mol. The van der Waals surface area contributed by atoms with Crippen LogP contribution in [-0.4, -0.2) is 27.8 Å². The van der Waals surface area contributed by atoms with Crippen molar-refractivity contribution in [1.82, 2.24) is 0 Å². The molecule has 3 aromatic rings. The van der Waals surface area contributed by atoms with Crippen LogP contribution in [-0.2, 0) is 32.0 Å². The Balaban J connectivity index is 1.75. The average molecular weight is 556 g/mol. The van der Waals surface area contributed by atoms with Gasteiger partial charge in [-0.1, -0.05) is 31.0 Å². The molecule has 200 valence electrons. The summed E-state index contributed by atoms with van der Waals surface area (Å²) in [7, 11) is -6.96. The fourth-order valence-corrected chi connectivity index (χ4v) is 6.41. The molecule has 0 amide bonds. The van der Waals surface area contributed by atoms with Crippen molar-refractivity contribution in [2.75, 3.05) is 10.5 Å². The maximum atomic E-state index is 14.9. The Morgan fingerprint density at radius 3 is 2.45 bits per heavy atom. The zero-order valence-electron chi connectivity index (χ0n) is 21.5. The number of ether oxygens (including phenoxy) is 1. The van der Waals surface area contributed by atoms with Crippen LogP contribution < -0.4 is 9.46 Å². The lowest BCUT2D eigenvalue weighted by Crippen LogP contribution is -2.19. The third-order valence-electron chi connectivity index (χ3n) is 6.30. The van der Waals surface area contributed by atoms with Crippen LogP contribution in [0.2, 0.25) is 0 Å². The highest BCUT2D eigenvalue weighted by Crippen LogP contribution is 2.39. The summed E-state index contributed by atoms with van der Waals surface area (Å²) < 4.78 is 73.6. The van der Waals surface area contributed by atoms with E-state index in [1.54, 1.807) is 38.1 Å². The fourth-order valence-electron chi connectivity index (χ4n) is 4.08. The molecule has 0 unspecified atom stereocenters. The van der Waals surface area contributed by atoms with Crippen molar-refractivity contribution < 1.29 is 26.0 Å². The van der Waals surface area contributed by atoms with Gasteiger partial charge >= 0.3 is 0 Å². The largest absolute Gasteiger partial charge is 0.455 e. The van der Waals surface area contributed by atoms with Crippen LogP contribution in [0.3, 0.4) is 0 Å². The minimum Gasteiger partial charge on any atom is -0.455 e. The number of sulfone groups is 1. The van der Waals surface area contributed by atoms with Gasteiger partial charge in [-0.25, -0.2) is 21.2 Å². The van der Waals surface area contributed by atoms with E-state index in [0.29, 0.717) is 24.0 Å². The first-order chi connectivity index (χ1) is 18.0. The number of aryl methyl sites for hydroxylation is 1. The minimum absolute atomic E-state index is 0.00382. The van der Waals surface area contributed by atoms with E-state index in [1.165, 1.54) is 6.07 Å². The molecule has 1 aliphatic carbocycles. The van der Waals surface area contributed by atoms with Gasteiger partial charge in [-0.3, -0.25) is 4.72 Å². The number of benzene rings is 3. The van der Waals surface area contributed by atoms with Crippen molar-refractivity contribution in [3.8, 4) is 23.3 Å². The number of anilines is 1. The van der Waals surface area contributed by atoms with E-state index < -0.39 is 30.9 Å². The van der Waals surface area contributed by atoms with Gasteiger partial charge in [-0.15, -0.1) is 5.92 Å². The highest BCUT2D eigenvalue weighted by atomic mass is 32.2. The van der Waals surface area contributed by atoms with Crippen LogP contribution in [0.25, 0.3) is 0 Å². The molecule has 0 heterocycles. The quantitative estimate of drug-likeness (QED) is 0.323. The summed E-state index contributed by atoms with van der Waals surface area (Å²) in [4.78, 5) is 0. The topological polar surface area (TPSA) is 89.5 Å². The van der Waals surface area contributed by atoms with Crippen molar-refractivity contribution in [3.05, 3.63) is 88.2 Å². The Bertz CT molecular complexity index is 1630. The molecule has 4 rings (SSSR count). The van der Waals surface area contributed by atoms with E-state index >= 15 is 0 Å². The summed E-state index contributed by atoms with van der Waals surface area (Å²) in [5.41, 5.74) is 3.80. The SMILES string of the molecule is CC#Cc1ccc(Cc2cc(F)cc(Oc3cccc(CS(=O)(=O)CC)c3)c2NS(=O)(=O)C2CC2)c(C)c1. The van der Waals surface area contributed by atoms with Crippen molar-refractivity contribution >= 4 is 25.5 Å². The summed E-state index contributed by atoms with van der Waals surface area (Å²) in [5.74, 6) is 5.41. The molecule has 0 atom stereocenters. The van der Waals surface area contributed by atoms with Gasteiger partial charge in [0.05, 0.1) is 16.7 Å². The maximum Gasteiger partial charge on any atom is 0.235 e. The van der Waals surface area contributed by atoms with Crippen LogP contribution in [0, 0.1) is 24.6 Å². The second-order valence-corrected chi connectivity index (χ2v) is 13.7. The Morgan fingerprint density at radius 2 is 1.79 bits per heavy atom. The van der Waals surface area contributed by atoms with Gasteiger partial charge in [-0.05, 0) is 79.3 Å². The van der Waals surface area contributed by atoms with Crippen molar-refractivity contribution in [1.29, 1.82) is 0 Å². The first-order valence-electron chi connectivity index (χ1n) is 12.3. The average Bonchev–Trinajstić information content (AvgIpc) is 3.69. The van der Waals surface area contributed by atoms with Gasteiger partial charge in [0.2, 0.25) is 10.0 Å². The predicted octanol–water partition coefficient (Wildman–Crippen LogP) is 5.73. The number of hydrogen-bond donors (Lipinski definition) is 1. The molecule has 9 heteroatoms. The van der Waals surface area contributed by atoms with Crippen molar-refractivity contribution in [2.45, 2.75) is 51.0 Å². The third kappa shape index (κ3) is 6.94. The minimum atomic E-state index is -3.69. The number of nitrogens with one attached hydrogen (secondary N) is 1. The zero-order valence-corrected chi connectivity index (χ0v) is 23.2. The maximum absolute atomic E-state index is 14.9. The van der Waals surface area contributed by atoms with E-state index in [9.17, 15) is 21.2 Å². The van der Waals surface area contributed by atoms with Crippen LogP contribution in [0.15, 0.2) is 54.6 Å². The molecule has 0 aliphatic heterocycles. The van der Waals surface area contributed by atoms with Gasteiger partial charge in [0.15, 0.2) is 15.6 Å². The van der Waals surface area contributed by atoms with E-state index in [2.05, 4.69) is 16.6 Å². The van der Waals surface area contributed by atoms with Crippen LogP contribution in [0.4, 0.5) is 10.1 Å². The van der Waals surface area contributed by atoms with E-state index in [-0.39, 0.29) is 35.1 Å². The molecule has 0 saturated heterocycles. The van der Waals surface area contributed by atoms with Crippen molar-refractivity contribution in [3.63, 3.8) is 0 Å². The van der Waals surface area contributed by atoms with Gasteiger partial charge in [0.25, 0.3) is 0 Å². The number of sulfonamides is 1. The highest BCUT2D eigenvalue weighted by Gasteiger charge is 2.37. The molecule has 0 bridgehead atoms. The summed E-state index contributed by atoms with van der Waals surface area (Å²) >= 11 is 0. The Hall–Kier alpha value is -3.35. The second-order valence-electron chi connectivity index (χ2n) is 9.40. The zero-order chi connectivity index (χ0) is 27.5. The lowest BCUT2D eigenvalue weighted by atomic mass is 9.97. The van der Waals surface area contributed by atoms with E-state index in [1.807, 2.05) is 25.1 Å². The summed E-state index contributed by atoms with van der Waals surface area (Å²) in [6.45, 7) is 5.26. The van der Waals surface area contributed by atoms with Crippen LogP contribution in [0.1, 0.15) is 54.5 Å². The molecule has 1 N–H and O–H groups in total. The van der Waals surface area contributed by atoms with E-state index in [4.69, 9.17) is 4.74 Å². The lowest BCUT2D eigenvalue weighted by Gasteiger charge is -2.19. The molecule has 0 radical (unpaired) electrons. The number of rotatable bonds is 10. The molecule has 0 aromatic heterocycles. The Morgan fingerprint density at radius 1 is 1.03 bits per heavy atom. The normalized spacial score (nSPS) is 13.5. The molecular weight excluding hydrogens is 525 g/mol. The van der Waals surface area contributed by atoms with Crippen LogP contribution in [0.5, 0.6) is 11.5 Å². The van der Waals surface area contributed by atoms with Gasteiger partial charge in [0, 0.05) is 23.8 Å². The Labute approximate surface area is 224 Å². The smallest absolute Gasteiger partial charge is 0.235 e. The van der Waals surface area contributed by atoms with E-state index in [0.717, 1.165) is 22.8 Å². The highest BCUT2D eigenvalue weighted by molar-refractivity contribution is 7.93. The molecule has 1 saturated carbocycles. The number of halogens is 1. The van der Waals surface area contributed by atoms with Gasteiger partial charge in [-0.2, -0.15) is 0 Å². The third-order valence-corrected chi connectivity index (χ3v) is 9.79. The molecule has 3 aromatic carbocycles. The Kier molecular flexibility index (Phi) is 8.14. The monoisotopic (exact) mass is 555 g/mol. The molecule has 6 nitrogen and oxygen atoms in total. The fraction of sp³-hybridized carbons (Fsp3) is 0.310. The lowest BCUT2D eigenvalue weighted by molar-refractivity contribution is 0.477.